The van der Waals surface area contributed by atoms with Gasteiger partial charge >= 0.3 is 0 Å². The maximum Gasteiger partial charge on any atom is 0.141 e. The zero-order valence-electron chi connectivity index (χ0n) is 9.56. The molecule has 0 amide bonds. The molecule has 2 rings (SSSR count). The van der Waals surface area contributed by atoms with E-state index in [-0.39, 0.29) is 11.9 Å². The number of aromatic nitrogens is 1. The number of rotatable bonds is 2. The number of halogens is 1. The summed E-state index contributed by atoms with van der Waals surface area (Å²) in [5.41, 5.74) is 6.89. The van der Waals surface area contributed by atoms with E-state index in [4.69, 9.17) is 5.73 Å². The van der Waals surface area contributed by atoms with E-state index in [9.17, 15) is 4.39 Å². The summed E-state index contributed by atoms with van der Waals surface area (Å²) in [6.45, 7) is 4.86. The molecule has 0 spiro atoms. The van der Waals surface area contributed by atoms with E-state index in [2.05, 4.69) is 16.8 Å². The first-order valence-electron chi connectivity index (χ1n) is 5.71. The zero-order chi connectivity index (χ0) is 11.5. The Morgan fingerprint density at radius 1 is 1.50 bits per heavy atom. The van der Waals surface area contributed by atoms with Crippen molar-refractivity contribution in [3.05, 3.63) is 29.8 Å². The predicted molar refractivity (Wildman–Crippen MR) is 61.2 cm³/mol. The van der Waals surface area contributed by atoms with E-state index in [1.165, 1.54) is 12.3 Å². The van der Waals surface area contributed by atoms with Crippen molar-refractivity contribution in [1.29, 1.82) is 0 Å². The lowest BCUT2D eigenvalue weighted by Crippen LogP contribution is -2.45. The van der Waals surface area contributed by atoms with Gasteiger partial charge in [-0.15, -0.1) is 0 Å². The summed E-state index contributed by atoms with van der Waals surface area (Å²) in [5, 5.41) is 0. The van der Waals surface area contributed by atoms with Gasteiger partial charge in [-0.1, -0.05) is 6.92 Å². The molecule has 1 aliphatic heterocycles. The van der Waals surface area contributed by atoms with E-state index in [1.54, 1.807) is 6.20 Å². The van der Waals surface area contributed by atoms with Gasteiger partial charge in [0, 0.05) is 31.9 Å². The number of nitrogens with two attached hydrogens (primary N) is 1. The van der Waals surface area contributed by atoms with Gasteiger partial charge in [-0.2, -0.15) is 0 Å². The fourth-order valence-corrected chi connectivity index (χ4v) is 2.44. The third-order valence-corrected chi connectivity index (χ3v) is 2.94. The minimum absolute atomic E-state index is 0.241. The van der Waals surface area contributed by atoms with Gasteiger partial charge in [-0.05, 0) is 24.0 Å². The van der Waals surface area contributed by atoms with E-state index in [0.717, 1.165) is 31.6 Å². The van der Waals surface area contributed by atoms with Crippen molar-refractivity contribution >= 4 is 0 Å². The van der Waals surface area contributed by atoms with Crippen LogP contribution in [0.3, 0.4) is 0 Å². The second-order valence-electron chi connectivity index (χ2n) is 4.81. The predicted octanol–water partition coefficient (Wildman–Crippen LogP) is 1.39. The van der Waals surface area contributed by atoms with Gasteiger partial charge in [-0.3, -0.25) is 9.88 Å². The third-order valence-electron chi connectivity index (χ3n) is 2.94. The van der Waals surface area contributed by atoms with Crippen LogP contribution >= 0.6 is 0 Å². The molecule has 1 saturated heterocycles. The van der Waals surface area contributed by atoms with Gasteiger partial charge in [0.05, 0.1) is 6.20 Å². The number of piperidine rings is 1. The van der Waals surface area contributed by atoms with Crippen LogP contribution in [0, 0.1) is 11.7 Å². The fourth-order valence-electron chi connectivity index (χ4n) is 2.44. The average Bonchev–Trinajstić information content (AvgIpc) is 2.15. The van der Waals surface area contributed by atoms with Gasteiger partial charge in [0.1, 0.15) is 5.82 Å². The van der Waals surface area contributed by atoms with Gasteiger partial charge < -0.3 is 5.73 Å². The molecule has 16 heavy (non-hydrogen) atoms. The molecule has 1 fully saturated rings. The van der Waals surface area contributed by atoms with Gasteiger partial charge in [0.25, 0.3) is 0 Å². The molecule has 0 bridgehead atoms. The first-order chi connectivity index (χ1) is 7.63. The maximum atomic E-state index is 13.0. The molecule has 1 aromatic rings. The highest BCUT2D eigenvalue weighted by Crippen LogP contribution is 2.17. The van der Waals surface area contributed by atoms with Crippen molar-refractivity contribution in [1.82, 2.24) is 9.88 Å². The Bertz CT molecular complexity index is 346. The Labute approximate surface area is 95.5 Å². The minimum atomic E-state index is -0.271. The van der Waals surface area contributed by atoms with Crippen LogP contribution in [0.1, 0.15) is 18.9 Å². The van der Waals surface area contributed by atoms with Crippen LogP contribution < -0.4 is 5.73 Å². The lowest BCUT2D eigenvalue weighted by molar-refractivity contribution is 0.158. The standard InChI is InChI=1S/C12H18FN3/c1-9-2-12(14)8-16(6-9)7-10-3-11(13)5-15-4-10/h3-5,9,12H,2,6-8,14H2,1H3. The second-order valence-corrected chi connectivity index (χ2v) is 4.81. The summed E-state index contributed by atoms with van der Waals surface area (Å²) < 4.78 is 13.0. The molecule has 1 aliphatic rings. The number of hydrogen-bond acceptors (Lipinski definition) is 3. The van der Waals surface area contributed by atoms with Crippen LogP contribution in [0.15, 0.2) is 18.5 Å². The highest BCUT2D eigenvalue weighted by molar-refractivity contribution is 5.10. The summed E-state index contributed by atoms with van der Waals surface area (Å²) >= 11 is 0. The van der Waals surface area contributed by atoms with Crippen molar-refractivity contribution < 1.29 is 4.39 Å². The number of pyridine rings is 1. The monoisotopic (exact) mass is 223 g/mol. The fraction of sp³-hybridized carbons (Fsp3) is 0.583. The second kappa shape index (κ2) is 4.89. The van der Waals surface area contributed by atoms with Crippen molar-refractivity contribution in [2.24, 2.45) is 11.7 Å². The Balaban J connectivity index is 1.98. The molecule has 4 heteroatoms. The zero-order valence-corrected chi connectivity index (χ0v) is 9.56. The Morgan fingerprint density at radius 3 is 3.00 bits per heavy atom. The molecule has 2 atom stereocenters. The van der Waals surface area contributed by atoms with Crippen LogP contribution in [0.4, 0.5) is 4.39 Å². The van der Waals surface area contributed by atoms with Crippen LogP contribution in [0.5, 0.6) is 0 Å². The van der Waals surface area contributed by atoms with E-state index in [0.29, 0.717) is 5.92 Å². The molecule has 1 aromatic heterocycles. The summed E-state index contributed by atoms with van der Waals surface area (Å²) in [6.07, 6.45) is 4.03. The van der Waals surface area contributed by atoms with Gasteiger partial charge in [0.2, 0.25) is 0 Å². The average molecular weight is 223 g/mol. The molecule has 0 aromatic carbocycles. The normalized spacial score (nSPS) is 26.9. The summed E-state index contributed by atoms with van der Waals surface area (Å²) in [4.78, 5) is 6.13. The molecular formula is C12H18FN3. The summed E-state index contributed by atoms with van der Waals surface area (Å²) in [6, 6.07) is 1.78. The van der Waals surface area contributed by atoms with Crippen molar-refractivity contribution in [2.45, 2.75) is 25.9 Å². The summed E-state index contributed by atoms with van der Waals surface area (Å²) in [7, 11) is 0. The topological polar surface area (TPSA) is 42.1 Å². The van der Waals surface area contributed by atoms with E-state index < -0.39 is 0 Å². The van der Waals surface area contributed by atoms with Crippen molar-refractivity contribution in [3.63, 3.8) is 0 Å². The maximum absolute atomic E-state index is 13.0. The first kappa shape index (κ1) is 11.5. The van der Waals surface area contributed by atoms with Gasteiger partial charge in [-0.25, -0.2) is 4.39 Å². The number of hydrogen-bond donors (Lipinski definition) is 1. The quantitative estimate of drug-likeness (QED) is 0.824. The number of likely N-dealkylation sites (tertiary alicyclic amines) is 1. The van der Waals surface area contributed by atoms with Crippen LogP contribution in [0.2, 0.25) is 0 Å². The minimum Gasteiger partial charge on any atom is -0.327 e. The van der Waals surface area contributed by atoms with E-state index in [1.807, 2.05) is 0 Å². The molecule has 0 aliphatic carbocycles. The largest absolute Gasteiger partial charge is 0.327 e. The number of nitrogens with zero attached hydrogens (tertiary/aromatic N) is 2. The third kappa shape index (κ3) is 3.00. The van der Waals surface area contributed by atoms with Crippen molar-refractivity contribution in [3.8, 4) is 0 Å². The smallest absolute Gasteiger partial charge is 0.141 e. The Kier molecular flexibility index (Phi) is 3.51. The Morgan fingerprint density at radius 2 is 2.31 bits per heavy atom. The molecule has 2 heterocycles. The van der Waals surface area contributed by atoms with Gasteiger partial charge in [0.15, 0.2) is 0 Å². The molecule has 0 radical (unpaired) electrons. The molecule has 2 unspecified atom stereocenters. The molecule has 0 saturated carbocycles. The lowest BCUT2D eigenvalue weighted by atomic mass is 9.96. The van der Waals surface area contributed by atoms with Crippen LogP contribution in [0.25, 0.3) is 0 Å². The SMILES string of the molecule is CC1CC(N)CN(Cc2cncc(F)c2)C1. The lowest BCUT2D eigenvalue weighted by Gasteiger charge is -2.34. The summed E-state index contributed by atoms with van der Waals surface area (Å²) in [5.74, 6) is 0.345. The molecule has 3 nitrogen and oxygen atoms in total. The molecule has 2 N–H and O–H groups in total. The van der Waals surface area contributed by atoms with E-state index >= 15 is 0 Å². The molecule has 88 valence electrons. The van der Waals surface area contributed by atoms with Crippen LogP contribution in [-0.4, -0.2) is 29.0 Å². The van der Waals surface area contributed by atoms with Crippen molar-refractivity contribution in [2.75, 3.05) is 13.1 Å². The Hall–Kier alpha value is -1.00. The molecular weight excluding hydrogens is 205 g/mol. The highest BCUT2D eigenvalue weighted by atomic mass is 19.1. The first-order valence-corrected chi connectivity index (χ1v) is 5.71. The van der Waals surface area contributed by atoms with Crippen LogP contribution in [-0.2, 0) is 6.54 Å². The highest BCUT2D eigenvalue weighted by Gasteiger charge is 2.21.